The van der Waals surface area contributed by atoms with Gasteiger partial charge in [-0.3, -0.25) is 9.78 Å². The zero-order valence-electron chi connectivity index (χ0n) is 14.5. The largest absolute Gasteiger partial charge is 0.326 e. The lowest BCUT2D eigenvalue weighted by Gasteiger charge is -2.47. The first kappa shape index (κ1) is 15.3. The second-order valence-corrected chi connectivity index (χ2v) is 7.16. The molecule has 6 heteroatoms. The van der Waals surface area contributed by atoms with Crippen molar-refractivity contribution in [3.05, 3.63) is 60.3 Å². The van der Waals surface area contributed by atoms with E-state index in [4.69, 9.17) is 0 Å². The van der Waals surface area contributed by atoms with Crippen molar-refractivity contribution in [2.24, 2.45) is 11.8 Å². The average Bonchev–Trinajstić information content (AvgIpc) is 3.13. The fourth-order valence-corrected chi connectivity index (χ4v) is 4.25. The molecule has 1 fully saturated rings. The van der Waals surface area contributed by atoms with Crippen LogP contribution in [0.15, 0.2) is 48.9 Å². The van der Waals surface area contributed by atoms with Crippen molar-refractivity contribution in [1.82, 2.24) is 19.7 Å². The van der Waals surface area contributed by atoms with Gasteiger partial charge >= 0.3 is 0 Å². The van der Waals surface area contributed by atoms with Crippen LogP contribution in [-0.4, -0.2) is 25.7 Å². The highest BCUT2D eigenvalue weighted by Crippen LogP contribution is 2.51. The number of aryl methyl sites for hydroxylation is 1. The Morgan fingerprint density at radius 3 is 3.00 bits per heavy atom. The van der Waals surface area contributed by atoms with E-state index in [-0.39, 0.29) is 17.7 Å². The maximum absolute atomic E-state index is 12.9. The van der Waals surface area contributed by atoms with Crippen molar-refractivity contribution in [2.75, 3.05) is 5.32 Å². The number of carbonyl (C=O) groups excluding carboxylic acids is 1. The van der Waals surface area contributed by atoms with Crippen LogP contribution in [0.2, 0.25) is 0 Å². The molecule has 3 aliphatic rings. The molecule has 3 unspecified atom stereocenters. The summed E-state index contributed by atoms with van der Waals surface area (Å²) in [6, 6.07) is 11.8. The van der Waals surface area contributed by atoms with E-state index in [1.807, 2.05) is 41.1 Å². The van der Waals surface area contributed by atoms with Gasteiger partial charge in [0.1, 0.15) is 12.2 Å². The van der Waals surface area contributed by atoms with Crippen LogP contribution in [0, 0.1) is 18.8 Å². The number of rotatable bonds is 3. The molecule has 6 rings (SSSR count). The molecular weight excluding hydrogens is 326 g/mol. The van der Waals surface area contributed by atoms with E-state index in [2.05, 4.69) is 27.3 Å². The average molecular weight is 345 g/mol. The van der Waals surface area contributed by atoms with Crippen LogP contribution in [0.4, 0.5) is 5.69 Å². The fourth-order valence-electron chi connectivity index (χ4n) is 4.25. The molecule has 1 saturated carbocycles. The highest BCUT2D eigenvalue weighted by atomic mass is 16.2. The van der Waals surface area contributed by atoms with Crippen LogP contribution in [0.3, 0.4) is 0 Å². The number of amides is 1. The summed E-state index contributed by atoms with van der Waals surface area (Å²) in [5.74, 6) is 1.57. The summed E-state index contributed by atoms with van der Waals surface area (Å²) in [5, 5.41) is 7.35. The molecule has 0 saturated heterocycles. The molecular formula is C20H19N5O. The van der Waals surface area contributed by atoms with Crippen molar-refractivity contribution in [3.63, 3.8) is 0 Å². The SMILES string of the molecule is Cc1ccc(NC(=O)C2C3CC2c2ncnn2C3)cc1-c1ccccn1. The van der Waals surface area contributed by atoms with E-state index in [9.17, 15) is 4.79 Å². The lowest BCUT2D eigenvalue weighted by Crippen LogP contribution is -2.50. The summed E-state index contributed by atoms with van der Waals surface area (Å²) in [4.78, 5) is 21.7. The molecule has 0 radical (unpaired) electrons. The molecule has 130 valence electrons. The molecule has 3 atom stereocenters. The number of nitrogens with zero attached hydrogens (tertiary/aromatic N) is 4. The van der Waals surface area contributed by atoms with Gasteiger partial charge in [0.05, 0.1) is 11.6 Å². The lowest BCUT2D eigenvalue weighted by molar-refractivity contribution is -0.128. The smallest absolute Gasteiger partial charge is 0.228 e. The van der Waals surface area contributed by atoms with Gasteiger partial charge in [0.2, 0.25) is 5.91 Å². The minimum atomic E-state index is -0.00805. The van der Waals surface area contributed by atoms with Crippen LogP contribution in [0.25, 0.3) is 11.3 Å². The summed E-state index contributed by atoms with van der Waals surface area (Å²) in [6.07, 6.45) is 4.40. The third-order valence-corrected chi connectivity index (χ3v) is 5.63. The van der Waals surface area contributed by atoms with Crippen molar-refractivity contribution in [1.29, 1.82) is 0 Å². The molecule has 1 amide bonds. The molecule has 6 nitrogen and oxygen atoms in total. The Hall–Kier alpha value is -3.02. The number of pyridine rings is 1. The predicted octanol–water partition coefficient (Wildman–Crippen LogP) is 3.02. The van der Waals surface area contributed by atoms with Crippen LogP contribution < -0.4 is 5.32 Å². The molecule has 1 aromatic carbocycles. The summed E-state index contributed by atoms with van der Waals surface area (Å²) in [7, 11) is 0. The van der Waals surface area contributed by atoms with E-state index >= 15 is 0 Å². The van der Waals surface area contributed by atoms with Gasteiger partial charge in [-0.1, -0.05) is 12.1 Å². The Labute approximate surface area is 151 Å². The normalized spacial score (nSPS) is 23.0. The first-order chi connectivity index (χ1) is 12.7. The van der Waals surface area contributed by atoms with Crippen molar-refractivity contribution in [3.8, 4) is 11.3 Å². The number of benzene rings is 1. The molecule has 26 heavy (non-hydrogen) atoms. The van der Waals surface area contributed by atoms with E-state index in [1.54, 1.807) is 12.5 Å². The Balaban J connectivity index is 1.38. The van der Waals surface area contributed by atoms with Gasteiger partial charge in [-0.05, 0) is 49.1 Å². The summed E-state index contributed by atoms with van der Waals surface area (Å²) < 4.78 is 1.94. The second kappa shape index (κ2) is 5.76. The Bertz CT molecular complexity index is 981. The van der Waals surface area contributed by atoms with Crippen LogP contribution in [0.5, 0.6) is 0 Å². The van der Waals surface area contributed by atoms with Gasteiger partial charge in [-0.2, -0.15) is 5.10 Å². The Kier molecular flexibility index (Phi) is 3.38. The topological polar surface area (TPSA) is 72.7 Å². The molecule has 2 aromatic heterocycles. The third-order valence-electron chi connectivity index (χ3n) is 5.63. The van der Waals surface area contributed by atoms with Gasteiger partial charge in [-0.15, -0.1) is 0 Å². The lowest BCUT2D eigenvalue weighted by atomic mass is 9.61. The summed E-state index contributed by atoms with van der Waals surface area (Å²) in [5.41, 5.74) is 3.90. The molecule has 4 heterocycles. The van der Waals surface area contributed by atoms with Gasteiger partial charge in [0, 0.05) is 29.9 Å². The quantitative estimate of drug-likeness (QED) is 0.792. The van der Waals surface area contributed by atoms with Gasteiger partial charge in [0.15, 0.2) is 0 Å². The van der Waals surface area contributed by atoms with Crippen molar-refractivity contribution < 1.29 is 4.79 Å². The molecule has 3 aromatic rings. The molecule has 0 spiro atoms. The van der Waals surface area contributed by atoms with Gasteiger partial charge < -0.3 is 5.32 Å². The number of nitrogens with one attached hydrogen (secondary N) is 1. The standard InChI is InChI=1S/C20H19N5O/c1-12-5-6-14(9-15(12)17-4-2-3-7-21-17)24-20(26)18-13-8-16(18)19-22-11-23-25(19)10-13/h2-7,9,11,13,16,18H,8,10H2,1H3,(H,24,26). The number of hydrogen-bond acceptors (Lipinski definition) is 4. The van der Waals surface area contributed by atoms with E-state index in [0.29, 0.717) is 5.92 Å². The first-order valence-corrected chi connectivity index (χ1v) is 8.91. The zero-order chi connectivity index (χ0) is 17.7. The maximum Gasteiger partial charge on any atom is 0.228 e. The number of anilines is 1. The van der Waals surface area contributed by atoms with Crippen molar-refractivity contribution in [2.45, 2.75) is 25.8 Å². The summed E-state index contributed by atoms with van der Waals surface area (Å²) >= 11 is 0. The minimum Gasteiger partial charge on any atom is -0.326 e. The molecule has 1 N–H and O–H groups in total. The van der Waals surface area contributed by atoms with Crippen LogP contribution in [0.1, 0.15) is 23.7 Å². The number of aromatic nitrogens is 4. The highest BCUT2D eigenvalue weighted by molar-refractivity contribution is 5.94. The summed E-state index contributed by atoms with van der Waals surface area (Å²) in [6.45, 7) is 2.84. The van der Waals surface area contributed by atoms with Crippen LogP contribution in [-0.2, 0) is 11.3 Å². The van der Waals surface area contributed by atoms with E-state index < -0.39 is 0 Å². The first-order valence-electron chi connectivity index (χ1n) is 8.91. The van der Waals surface area contributed by atoms with Gasteiger partial charge in [0.25, 0.3) is 0 Å². The van der Waals surface area contributed by atoms with Crippen LogP contribution >= 0.6 is 0 Å². The number of carbonyl (C=O) groups is 1. The molecule has 2 bridgehead atoms. The van der Waals surface area contributed by atoms with E-state index in [1.165, 1.54) is 0 Å². The van der Waals surface area contributed by atoms with Crippen molar-refractivity contribution >= 4 is 11.6 Å². The molecule has 1 aliphatic carbocycles. The monoisotopic (exact) mass is 345 g/mol. The Morgan fingerprint density at radius 1 is 1.23 bits per heavy atom. The number of hydrogen-bond donors (Lipinski definition) is 1. The Morgan fingerprint density at radius 2 is 2.15 bits per heavy atom. The molecule has 2 aliphatic heterocycles. The highest BCUT2D eigenvalue weighted by Gasteiger charge is 2.52. The fraction of sp³-hybridized carbons (Fsp3) is 0.300. The van der Waals surface area contributed by atoms with Gasteiger partial charge in [-0.25, -0.2) is 9.67 Å². The maximum atomic E-state index is 12.9. The minimum absolute atomic E-state index is 0.00805. The second-order valence-electron chi connectivity index (χ2n) is 7.16. The third kappa shape index (κ3) is 2.33. The zero-order valence-corrected chi connectivity index (χ0v) is 14.5. The van der Waals surface area contributed by atoms with E-state index in [0.717, 1.165) is 41.3 Å². The predicted molar refractivity (Wildman–Crippen MR) is 97.4 cm³/mol.